The van der Waals surface area contributed by atoms with Crippen molar-refractivity contribution >= 4 is 0 Å². The fraction of sp³-hybridized carbons (Fsp3) is 0.786. The Labute approximate surface area is 105 Å². The first-order valence-corrected chi connectivity index (χ1v) is 6.39. The molecule has 0 unspecified atom stereocenters. The molecule has 0 aromatic carbocycles. The van der Waals surface area contributed by atoms with Gasteiger partial charge in [-0.3, -0.25) is 4.68 Å². The summed E-state index contributed by atoms with van der Waals surface area (Å²) in [5.74, 6) is 0.374. The first-order valence-electron chi connectivity index (χ1n) is 6.39. The molecule has 0 amide bonds. The largest absolute Gasteiger partial charge is 0.504 e. The van der Waals surface area contributed by atoms with Gasteiger partial charge in [-0.1, -0.05) is 48.5 Å². The molecule has 1 aromatic heterocycles. The summed E-state index contributed by atoms with van der Waals surface area (Å²) in [5.41, 5.74) is 1.54. The van der Waals surface area contributed by atoms with Gasteiger partial charge in [-0.15, -0.1) is 0 Å². The molecule has 0 fully saturated rings. The van der Waals surface area contributed by atoms with Gasteiger partial charge in [-0.25, -0.2) is 0 Å². The number of hydrogen-bond acceptors (Lipinski definition) is 2. The molecule has 1 aromatic rings. The topological polar surface area (TPSA) is 38.0 Å². The average Bonchev–Trinajstić information content (AvgIpc) is 2.41. The third-order valence-corrected chi connectivity index (χ3v) is 2.78. The van der Waals surface area contributed by atoms with Crippen LogP contribution in [-0.2, 0) is 17.4 Å². The Balaban J connectivity index is 3.41. The molecule has 1 rings (SSSR count). The van der Waals surface area contributed by atoms with Gasteiger partial charge in [0.05, 0.1) is 5.69 Å². The number of aromatic hydroxyl groups is 1. The molecule has 0 bridgehead atoms. The third kappa shape index (κ3) is 2.82. The summed E-state index contributed by atoms with van der Waals surface area (Å²) >= 11 is 0. The predicted molar refractivity (Wildman–Crippen MR) is 71.6 cm³/mol. The van der Waals surface area contributed by atoms with Crippen LogP contribution in [0.15, 0.2) is 0 Å². The second-order valence-electron chi connectivity index (χ2n) is 6.77. The number of aromatic nitrogens is 2. The fourth-order valence-corrected chi connectivity index (χ4v) is 2.07. The lowest BCUT2D eigenvalue weighted by Crippen LogP contribution is -2.18. The van der Waals surface area contributed by atoms with Crippen molar-refractivity contribution in [2.24, 2.45) is 0 Å². The summed E-state index contributed by atoms with van der Waals surface area (Å²) < 4.78 is 1.97. The number of aryl methyl sites for hydroxylation is 1. The zero-order valence-corrected chi connectivity index (χ0v) is 12.3. The van der Waals surface area contributed by atoms with E-state index in [1.165, 1.54) is 0 Å². The Morgan fingerprint density at radius 2 is 1.59 bits per heavy atom. The Hall–Kier alpha value is -0.990. The first kappa shape index (κ1) is 14.1. The molecule has 3 heteroatoms. The quantitative estimate of drug-likeness (QED) is 0.855. The molecule has 0 spiro atoms. The highest BCUT2D eigenvalue weighted by Gasteiger charge is 2.31. The van der Waals surface area contributed by atoms with E-state index in [1.807, 2.05) is 4.68 Å². The van der Waals surface area contributed by atoms with Gasteiger partial charge in [-0.05, 0) is 6.42 Å². The Bertz CT molecular complexity index is 392. The van der Waals surface area contributed by atoms with Gasteiger partial charge < -0.3 is 5.11 Å². The van der Waals surface area contributed by atoms with E-state index in [1.54, 1.807) is 0 Å². The maximum Gasteiger partial charge on any atom is 0.161 e. The fourth-order valence-electron chi connectivity index (χ4n) is 2.07. The van der Waals surface area contributed by atoms with Gasteiger partial charge in [0.25, 0.3) is 0 Å². The molecule has 0 aliphatic carbocycles. The van der Waals surface area contributed by atoms with Gasteiger partial charge in [-0.2, -0.15) is 5.10 Å². The van der Waals surface area contributed by atoms with Crippen LogP contribution in [0.25, 0.3) is 0 Å². The van der Waals surface area contributed by atoms with Gasteiger partial charge in [0.2, 0.25) is 0 Å². The first-order chi connectivity index (χ1) is 7.59. The van der Waals surface area contributed by atoms with Crippen LogP contribution < -0.4 is 0 Å². The van der Waals surface area contributed by atoms with Crippen molar-refractivity contribution in [1.29, 1.82) is 0 Å². The monoisotopic (exact) mass is 238 g/mol. The molecule has 0 aliphatic rings. The molecule has 0 saturated carbocycles. The molecule has 0 aliphatic heterocycles. The van der Waals surface area contributed by atoms with Gasteiger partial charge >= 0.3 is 0 Å². The van der Waals surface area contributed by atoms with Crippen LogP contribution in [0.3, 0.4) is 0 Å². The van der Waals surface area contributed by atoms with Crippen molar-refractivity contribution in [3.8, 4) is 5.75 Å². The summed E-state index contributed by atoms with van der Waals surface area (Å²) in [4.78, 5) is 0. The number of hydrogen-bond donors (Lipinski definition) is 1. The van der Waals surface area contributed by atoms with E-state index in [9.17, 15) is 5.11 Å². The van der Waals surface area contributed by atoms with Crippen molar-refractivity contribution in [1.82, 2.24) is 9.78 Å². The van der Waals surface area contributed by atoms with E-state index in [0.29, 0.717) is 5.75 Å². The summed E-state index contributed by atoms with van der Waals surface area (Å²) in [6, 6.07) is 0. The highest BCUT2D eigenvalue weighted by Crippen LogP contribution is 2.38. The lowest BCUT2D eigenvalue weighted by Gasteiger charge is -2.21. The van der Waals surface area contributed by atoms with E-state index in [-0.39, 0.29) is 10.8 Å². The third-order valence-electron chi connectivity index (χ3n) is 2.78. The normalized spacial score (nSPS) is 13.1. The van der Waals surface area contributed by atoms with E-state index in [0.717, 1.165) is 24.4 Å². The Kier molecular flexibility index (Phi) is 3.60. The number of nitrogens with zero attached hydrogens (tertiary/aromatic N) is 2. The minimum atomic E-state index is -0.122. The summed E-state index contributed by atoms with van der Waals surface area (Å²) in [7, 11) is 0. The average molecular weight is 238 g/mol. The van der Waals surface area contributed by atoms with Crippen molar-refractivity contribution in [2.45, 2.75) is 72.3 Å². The summed E-state index contributed by atoms with van der Waals surface area (Å²) in [6.45, 7) is 15.6. The smallest absolute Gasteiger partial charge is 0.161 e. The molecule has 0 saturated heterocycles. The molecule has 17 heavy (non-hydrogen) atoms. The molecular formula is C14H26N2O. The van der Waals surface area contributed by atoms with E-state index in [4.69, 9.17) is 0 Å². The van der Waals surface area contributed by atoms with Crippen LogP contribution in [0.1, 0.15) is 66.3 Å². The summed E-state index contributed by atoms with van der Waals surface area (Å²) in [5, 5.41) is 15.0. The predicted octanol–water partition coefficient (Wildman–Crippen LogP) is 3.59. The van der Waals surface area contributed by atoms with E-state index < -0.39 is 0 Å². The minimum Gasteiger partial charge on any atom is -0.504 e. The van der Waals surface area contributed by atoms with Crippen molar-refractivity contribution in [3.63, 3.8) is 0 Å². The van der Waals surface area contributed by atoms with Crippen LogP contribution in [0.4, 0.5) is 0 Å². The maximum absolute atomic E-state index is 10.4. The Morgan fingerprint density at radius 3 is 1.94 bits per heavy atom. The van der Waals surface area contributed by atoms with Crippen LogP contribution >= 0.6 is 0 Å². The summed E-state index contributed by atoms with van der Waals surface area (Å²) in [6.07, 6.45) is 1.02. The minimum absolute atomic E-state index is 0.0875. The van der Waals surface area contributed by atoms with E-state index in [2.05, 4.69) is 53.6 Å². The van der Waals surface area contributed by atoms with Crippen LogP contribution in [-0.4, -0.2) is 14.9 Å². The molecule has 0 radical (unpaired) electrons. The number of rotatable bonds is 2. The van der Waals surface area contributed by atoms with Crippen LogP contribution in [0.5, 0.6) is 5.75 Å². The van der Waals surface area contributed by atoms with Crippen molar-refractivity contribution < 1.29 is 5.11 Å². The van der Waals surface area contributed by atoms with E-state index >= 15 is 0 Å². The van der Waals surface area contributed by atoms with Crippen LogP contribution in [0.2, 0.25) is 0 Å². The SMILES string of the molecule is CCCn1nc(C(C)(C)C)c(O)c1C(C)(C)C. The molecule has 3 nitrogen and oxygen atoms in total. The lowest BCUT2D eigenvalue weighted by atomic mass is 9.86. The zero-order valence-electron chi connectivity index (χ0n) is 12.3. The highest BCUT2D eigenvalue weighted by atomic mass is 16.3. The maximum atomic E-state index is 10.4. The lowest BCUT2D eigenvalue weighted by molar-refractivity contribution is 0.416. The van der Waals surface area contributed by atoms with Crippen LogP contribution in [0, 0.1) is 0 Å². The standard InChI is InChI=1S/C14H26N2O/c1-8-9-16-12(14(5,6)7)10(17)11(15-16)13(2,3)4/h17H,8-9H2,1-7H3. The second-order valence-corrected chi connectivity index (χ2v) is 6.77. The zero-order chi connectivity index (χ0) is 13.4. The molecule has 1 N–H and O–H groups in total. The molecule has 0 atom stereocenters. The second kappa shape index (κ2) is 4.35. The molecular weight excluding hydrogens is 212 g/mol. The Morgan fingerprint density at radius 1 is 1.06 bits per heavy atom. The van der Waals surface area contributed by atoms with Gasteiger partial charge in [0.1, 0.15) is 5.69 Å². The molecule has 1 heterocycles. The highest BCUT2D eigenvalue weighted by molar-refractivity contribution is 5.40. The van der Waals surface area contributed by atoms with Crippen molar-refractivity contribution in [2.75, 3.05) is 0 Å². The van der Waals surface area contributed by atoms with Gasteiger partial charge in [0, 0.05) is 17.4 Å². The van der Waals surface area contributed by atoms with Crippen molar-refractivity contribution in [3.05, 3.63) is 11.4 Å². The molecule has 98 valence electrons. The van der Waals surface area contributed by atoms with Gasteiger partial charge in [0.15, 0.2) is 5.75 Å².